The number of nitro groups is 1. The highest BCUT2D eigenvalue weighted by atomic mass is 32.1. The Hall–Kier alpha value is -3.52. The molecule has 8 heteroatoms. The standard InChI is InChI=1S/C21H17N3O4S/c1-13-3-6-15(7-4-13)16-11-29-20-19(16)21(25)23(12-22-20)10-14-5-8-18(28-2)17(9-14)24(26)27/h3-9,11-12H,10H2,1-2H3. The fraction of sp³-hybridized carbons (Fsp3) is 0.143. The first-order chi connectivity index (χ1) is 14.0. The van der Waals surface area contributed by atoms with Gasteiger partial charge in [-0.1, -0.05) is 35.9 Å². The maximum absolute atomic E-state index is 13.2. The van der Waals surface area contributed by atoms with E-state index in [4.69, 9.17) is 4.74 Å². The summed E-state index contributed by atoms with van der Waals surface area (Å²) in [5.41, 5.74) is 3.25. The van der Waals surface area contributed by atoms with Gasteiger partial charge < -0.3 is 4.74 Å². The van der Waals surface area contributed by atoms with Gasteiger partial charge in [-0.25, -0.2) is 4.98 Å². The Bertz CT molecular complexity index is 1280. The van der Waals surface area contributed by atoms with Gasteiger partial charge in [-0.2, -0.15) is 0 Å². The first kappa shape index (κ1) is 18.8. The Morgan fingerprint density at radius 3 is 2.66 bits per heavy atom. The van der Waals surface area contributed by atoms with Gasteiger partial charge in [-0.3, -0.25) is 19.5 Å². The van der Waals surface area contributed by atoms with Crippen LogP contribution >= 0.6 is 11.3 Å². The average Bonchev–Trinajstić information content (AvgIpc) is 3.15. The van der Waals surface area contributed by atoms with Crippen LogP contribution in [0.3, 0.4) is 0 Å². The summed E-state index contributed by atoms with van der Waals surface area (Å²) in [5.74, 6) is 0.180. The summed E-state index contributed by atoms with van der Waals surface area (Å²) in [7, 11) is 1.38. The third kappa shape index (κ3) is 3.50. The number of fused-ring (bicyclic) bond motifs is 1. The van der Waals surface area contributed by atoms with E-state index in [0.717, 1.165) is 16.7 Å². The number of nitro benzene ring substituents is 1. The fourth-order valence-corrected chi connectivity index (χ4v) is 4.11. The number of benzene rings is 2. The van der Waals surface area contributed by atoms with Crippen LogP contribution in [-0.2, 0) is 6.54 Å². The molecule has 0 spiro atoms. The number of hydrogen-bond donors (Lipinski definition) is 0. The molecule has 146 valence electrons. The summed E-state index contributed by atoms with van der Waals surface area (Å²) in [6.45, 7) is 2.19. The molecular formula is C21H17N3O4S. The number of aryl methyl sites for hydroxylation is 1. The van der Waals surface area contributed by atoms with Gasteiger partial charge in [0.15, 0.2) is 5.75 Å². The summed E-state index contributed by atoms with van der Waals surface area (Å²) in [6.07, 6.45) is 1.48. The molecule has 4 aromatic rings. The zero-order valence-electron chi connectivity index (χ0n) is 15.8. The molecular weight excluding hydrogens is 390 g/mol. The second-order valence-corrected chi connectivity index (χ2v) is 7.49. The minimum Gasteiger partial charge on any atom is -0.490 e. The van der Waals surface area contributed by atoms with Gasteiger partial charge in [0.1, 0.15) is 4.83 Å². The van der Waals surface area contributed by atoms with Crippen LogP contribution in [0.15, 0.2) is 59.0 Å². The summed E-state index contributed by atoms with van der Waals surface area (Å²) in [6, 6.07) is 12.6. The first-order valence-corrected chi connectivity index (χ1v) is 9.71. The van der Waals surface area contributed by atoms with Gasteiger partial charge in [0.05, 0.1) is 30.3 Å². The number of hydrogen-bond acceptors (Lipinski definition) is 6. The fourth-order valence-electron chi connectivity index (χ4n) is 3.20. The molecule has 2 aromatic carbocycles. The van der Waals surface area contributed by atoms with Crippen molar-refractivity contribution in [3.05, 3.63) is 85.8 Å². The van der Waals surface area contributed by atoms with Crippen LogP contribution in [0.2, 0.25) is 0 Å². The highest BCUT2D eigenvalue weighted by molar-refractivity contribution is 7.17. The molecule has 0 aliphatic rings. The Morgan fingerprint density at radius 1 is 1.21 bits per heavy atom. The van der Waals surface area contributed by atoms with Crippen molar-refractivity contribution >= 4 is 27.2 Å². The van der Waals surface area contributed by atoms with Gasteiger partial charge in [-0.15, -0.1) is 11.3 Å². The molecule has 0 aliphatic heterocycles. The molecule has 0 atom stereocenters. The monoisotopic (exact) mass is 407 g/mol. The van der Waals surface area contributed by atoms with Crippen LogP contribution in [0.4, 0.5) is 5.69 Å². The Kier molecular flexibility index (Phi) is 4.85. The topological polar surface area (TPSA) is 87.3 Å². The number of methoxy groups -OCH3 is 1. The minimum atomic E-state index is -0.499. The molecule has 0 aliphatic carbocycles. The molecule has 0 N–H and O–H groups in total. The molecule has 0 unspecified atom stereocenters. The van der Waals surface area contributed by atoms with Gasteiger partial charge >= 0.3 is 5.69 Å². The summed E-state index contributed by atoms with van der Waals surface area (Å²) >= 11 is 1.42. The van der Waals surface area contributed by atoms with Crippen molar-refractivity contribution in [2.75, 3.05) is 7.11 Å². The predicted molar refractivity (Wildman–Crippen MR) is 113 cm³/mol. The maximum atomic E-state index is 13.2. The van der Waals surface area contributed by atoms with Gasteiger partial charge in [-0.05, 0) is 24.1 Å². The van der Waals surface area contributed by atoms with Crippen molar-refractivity contribution in [3.63, 3.8) is 0 Å². The van der Waals surface area contributed by atoms with E-state index in [1.165, 1.54) is 41.5 Å². The molecule has 0 fully saturated rings. The van der Waals surface area contributed by atoms with E-state index in [9.17, 15) is 14.9 Å². The minimum absolute atomic E-state index is 0.136. The third-order valence-electron chi connectivity index (χ3n) is 4.72. The van der Waals surface area contributed by atoms with Crippen LogP contribution in [0.25, 0.3) is 21.3 Å². The van der Waals surface area contributed by atoms with Gasteiger partial charge in [0, 0.05) is 17.0 Å². The van der Waals surface area contributed by atoms with Crippen molar-refractivity contribution in [1.29, 1.82) is 0 Å². The van der Waals surface area contributed by atoms with E-state index in [1.807, 2.05) is 36.6 Å². The Labute approximate surface area is 170 Å². The largest absolute Gasteiger partial charge is 0.490 e. The molecule has 4 rings (SSSR count). The van der Waals surface area contributed by atoms with Gasteiger partial charge in [0.2, 0.25) is 0 Å². The van der Waals surface area contributed by atoms with Crippen molar-refractivity contribution in [1.82, 2.24) is 9.55 Å². The number of rotatable bonds is 5. The summed E-state index contributed by atoms with van der Waals surface area (Å²) in [5, 5.41) is 13.8. The average molecular weight is 407 g/mol. The number of ether oxygens (including phenoxy) is 1. The van der Waals surface area contributed by atoms with Crippen LogP contribution < -0.4 is 10.3 Å². The van der Waals surface area contributed by atoms with E-state index in [1.54, 1.807) is 6.07 Å². The zero-order valence-corrected chi connectivity index (χ0v) is 16.6. The maximum Gasteiger partial charge on any atom is 0.311 e. The lowest BCUT2D eigenvalue weighted by molar-refractivity contribution is -0.385. The first-order valence-electron chi connectivity index (χ1n) is 8.83. The zero-order chi connectivity index (χ0) is 20.5. The number of aromatic nitrogens is 2. The number of nitrogens with zero attached hydrogens (tertiary/aromatic N) is 3. The normalized spacial score (nSPS) is 11.0. The molecule has 2 heterocycles. The Balaban J connectivity index is 1.78. The molecule has 0 bridgehead atoms. The second-order valence-electron chi connectivity index (χ2n) is 6.64. The van der Waals surface area contributed by atoms with Gasteiger partial charge in [0.25, 0.3) is 5.56 Å². The van der Waals surface area contributed by atoms with E-state index in [2.05, 4.69) is 4.98 Å². The van der Waals surface area contributed by atoms with Crippen molar-refractivity contribution in [2.45, 2.75) is 13.5 Å². The molecule has 0 saturated carbocycles. The summed E-state index contributed by atoms with van der Waals surface area (Å²) < 4.78 is 6.51. The van der Waals surface area contributed by atoms with Crippen molar-refractivity contribution in [2.24, 2.45) is 0 Å². The molecule has 0 radical (unpaired) electrons. The van der Waals surface area contributed by atoms with Crippen LogP contribution in [0.1, 0.15) is 11.1 Å². The number of thiophene rings is 1. The molecule has 29 heavy (non-hydrogen) atoms. The third-order valence-corrected chi connectivity index (χ3v) is 5.60. The molecule has 0 amide bonds. The van der Waals surface area contributed by atoms with E-state index in [-0.39, 0.29) is 23.5 Å². The smallest absolute Gasteiger partial charge is 0.311 e. The highest BCUT2D eigenvalue weighted by Gasteiger charge is 2.17. The van der Waals surface area contributed by atoms with E-state index in [0.29, 0.717) is 15.8 Å². The highest BCUT2D eigenvalue weighted by Crippen LogP contribution is 2.31. The van der Waals surface area contributed by atoms with Crippen molar-refractivity contribution in [3.8, 4) is 16.9 Å². The summed E-state index contributed by atoms with van der Waals surface area (Å²) in [4.78, 5) is 29.0. The van der Waals surface area contributed by atoms with Crippen molar-refractivity contribution < 1.29 is 9.66 Å². The van der Waals surface area contributed by atoms with Crippen LogP contribution in [0, 0.1) is 17.0 Å². The Morgan fingerprint density at radius 2 is 1.97 bits per heavy atom. The quantitative estimate of drug-likeness (QED) is 0.361. The second kappa shape index (κ2) is 7.48. The SMILES string of the molecule is COc1ccc(Cn2cnc3scc(-c4ccc(C)cc4)c3c2=O)cc1[N+](=O)[O-]. The molecule has 0 saturated heterocycles. The van der Waals surface area contributed by atoms with E-state index >= 15 is 0 Å². The van der Waals surface area contributed by atoms with Crippen LogP contribution in [0.5, 0.6) is 5.75 Å². The lowest BCUT2D eigenvalue weighted by Gasteiger charge is -2.08. The lowest BCUT2D eigenvalue weighted by Crippen LogP contribution is -2.21. The van der Waals surface area contributed by atoms with Crippen LogP contribution in [-0.4, -0.2) is 21.6 Å². The lowest BCUT2D eigenvalue weighted by atomic mass is 10.1. The molecule has 7 nitrogen and oxygen atoms in total. The predicted octanol–water partition coefficient (Wildman–Crippen LogP) is 4.40. The van der Waals surface area contributed by atoms with E-state index < -0.39 is 4.92 Å². The molecule has 2 aromatic heterocycles.